The van der Waals surface area contributed by atoms with Gasteiger partial charge in [-0.15, -0.1) is 0 Å². The van der Waals surface area contributed by atoms with Gasteiger partial charge in [0.2, 0.25) is 0 Å². The van der Waals surface area contributed by atoms with E-state index in [1.807, 2.05) is 97.1 Å². The minimum atomic E-state index is -1.26. The molecule has 7 aromatic rings. The maximum atomic E-state index is 11.2. The summed E-state index contributed by atoms with van der Waals surface area (Å²) in [7, 11) is 3.32. The van der Waals surface area contributed by atoms with Gasteiger partial charge in [0.15, 0.2) is 0 Å². The third-order valence-corrected chi connectivity index (χ3v) is 8.95. The van der Waals surface area contributed by atoms with Crippen molar-refractivity contribution in [1.82, 2.24) is 0 Å². The summed E-state index contributed by atoms with van der Waals surface area (Å²) in [5.41, 5.74) is 6.70. The molecular weight excluding hydrogens is 669 g/mol. The molecule has 0 aliphatic carbocycles. The zero-order valence-corrected chi connectivity index (χ0v) is 29.5. The van der Waals surface area contributed by atoms with Crippen LogP contribution in [0.5, 0.6) is 11.5 Å². The van der Waals surface area contributed by atoms with Crippen LogP contribution in [0.2, 0.25) is 0 Å². The molecule has 54 heavy (non-hydrogen) atoms. The van der Waals surface area contributed by atoms with E-state index in [1.165, 1.54) is 6.08 Å². The number of aliphatic carboxylic acids is 1. The summed E-state index contributed by atoms with van der Waals surface area (Å²) in [5.74, 6) is 14.0. The van der Waals surface area contributed by atoms with E-state index >= 15 is 0 Å². The Labute approximate surface area is 313 Å². The second-order valence-electron chi connectivity index (χ2n) is 12.2. The number of anilines is 3. The van der Waals surface area contributed by atoms with Gasteiger partial charge in [0, 0.05) is 39.3 Å². The number of ether oxygens (including phenoxy) is 2. The Morgan fingerprint density at radius 1 is 0.556 bits per heavy atom. The molecular formula is C48H32N2O4. The quantitative estimate of drug-likeness (QED) is 0.0771. The number of carboxylic acids is 1. The molecule has 0 bridgehead atoms. The molecule has 0 aliphatic rings. The fraction of sp³-hybridized carbons (Fsp3) is 0.0417. The van der Waals surface area contributed by atoms with E-state index in [0.717, 1.165) is 72.4 Å². The van der Waals surface area contributed by atoms with Crippen LogP contribution in [0.3, 0.4) is 0 Å². The fourth-order valence-electron chi connectivity index (χ4n) is 6.24. The Morgan fingerprint density at radius 3 is 1.28 bits per heavy atom. The lowest BCUT2D eigenvalue weighted by Gasteiger charge is -2.25. The van der Waals surface area contributed by atoms with Gasteiger partial charge in [-0.05, 0) is 118 Å². The van der Waals surface area contributed by atoms with Crippen molar-refractivity contribution in [2.45, 2.75) is 0 Å². The van der Waals surface area contributed by atoms with Gasteiger partial charge in [-0.1, -0.05) is 84.3 Å². The molecule has 0 radical (unpaired) electrons. The molecule has 6 nitrogen and oxygen atoms in total. The first-order valence-electron chi connectivity index (χ1n) is 17.1. The molecule has 7 rings (SSSR count). The molecule has 7 aromatic carbocycles. The number of carbonyl (C=O) groups is 1. The summed E-state index contributed by atoms with van der Waals surface area (Å²) in [6.07, 6.45) is 1.34. The van der Waals surface area contributed by atoms with Crippen molar-refractivity contribution in [2.75, 3.05) is 19.1 Å². The van der Waals surface area contributed by atoms with E-state index in [2.05, 4.69) is 65.0 Å². The molecule has 0 aliphatic heterocycles. The molecule has 0 saturated heterocycles. The predicted molar refractivity (Wildman–Crippen MR) is 215 cm³/mol. The first-order valence-corrected chi connectivity index (χ1v) is 17.1. The van der Waals surface area contributed by atoms with E-state index in [0.29, 0.717) is 5.56 Å². The number of benzene rings is 7. The summed E-state index contributed by atoms with van der Waals surface area (Å²) in [6.45, 7) is 0. The van der Waals surface area contributed by atoms with E-state index in [4.69, 9.17) is 14.7 Å². The molecule has 0 aromatic heterocycles. The van der Waals surface area contributed by atoms with Crippen LogP contribution in [0.4, 0.5) is 17.1 Å². The lowest BCUT2D eigenvalue weighted by atomic mass is 9.92. The van der Waals surface area contributed by atoms with Crippen molar-refractivity contribution < 1.29 is 19.4 Å². The van der Waals surface area contributed by atoms with E-state index in [1.54, 1.807) is 32.4 Å². The van der Waals surface area contributed by atoms with E-state index in [-0.39, 0.29) is 5.57 Å². The molecule has 0 amide bonds. The third-order valence-electron chi connectivity index (χ3n) is 8.95. The van der Waals surface area contributed by atoms with Crippen LogP contribution in [0.1, 0.15) is 27.8 Å². The molecule has 6 heteroatoms. The molecule has 0 atom stereocenters. The number of fused-ring (bicyclic) bond motifs is 2. The Bertz CT molecular complexity index is 2600. The number of hydrogen-bond acceptors (Lipinski definition) is 5. The Hall–Kier alpha value is -7.72. The van der Waals surface area contributed by atoms with Gasteiger partial charge in [0.25, 0.3) is 0 Å². The van der Waals surface area contributed by atoms with Crippen LogP contribution < -0.4 is 14.4 Å². The van der Waals surface area contributed by atoms with Crippen molar-refractivity contribution in [2.24, 2.45) is 0 Å². The summed E-state index contributed by atoms with van der Waals surface area (Å²) in [4.78, 5) is 13.4. The minimum absolute atomic E-state index is 0.326. The predicted octanol–water partition coefficient (Wildman–Crippen LogP) is 10.3. The first kappa shape index (κ1) is 34.7. The Morgan fingerprint density at radius 2 is 0.926 bits per heavy atom. The maximum Gasteiger partial charge on any atom is 0.346 e. The average molecular weight is 701 g/mol. The molecule has 0 spiro atoms. The Balaban J connectivity index is 1.24. The number of nitriles is 1. The Kier molecular flexibility index (Phi) is 10.1. The largest absolute Gasteiger partial charge is 0.497 e. The van der Waals surface area contributed by atoms with Crippen molar-refractivity contribution in [3.05, 3.63) is 179 Å². The minimum Gasteiger partial charge on any atom is -0.497 e. The van der Waals surface area contributed by atoms with Crippen LogP contribution in [-0.2, 0) is 4.79 Å². The van der Waals surface area contributed by atoms with E-state index < -0.39 is 5.97 Å². The summed E-state index contributed by atoms with van der Waals surface area (Å²) >= 11 is 0. The topological polar surface area (TPSA) is 82.8 Å². The second-order valence-corrected chi connectivity index (χ2v) is 12.2. The fourth-order valence-corrected chi connectivity index (χ4v) is 6.24. The number of methoxy groups -OCH3 is 2. The van der Waals surface area contributed by atoms with Gasteiger partial charge in [-0.25, -0.2) is 4.79 Å². The van der Waals surface area contributed by atoms with Crippen molar-refractivity contribution in [1.29, 1.82) is 5.26 Å². The smallest absolute Gasteiger partial charge is 0.346 e. The molecule has 258 valence electrons. The van der Waals surface area contributed by atoms with Crippen molar-refractivity contribution in [3.8, 4) is 41.2 Å². The highest BCUT2D eigenvalue weighted by molar-refractivity contribution is 6.10. The highest BCUT2D eigenvalue weighted by Gasteiger charge is 2.14. The van der Waals surface area contributed by atoms with Crippen LogP contribution >= 0.6 is 0 Å². The molecule has 0 heterocycles. The van der Waals surface area contributed by atoms with Gasteiger partial charge in [0.05, 0.1) is 14.2 Å². The highest BCUT2D eigenvalue weighted by atomic mass is 16.5. The SMILES string of the molecule is COc1ccc(N(c2ccc(C#Cc3c4ccccc4c(C#Cc4ccc(/C=C(/C#N)C(=O)O)cc4)c4ccccc34)cc2)c2ccc(OC)cc2)cc1. The first-order chi connectivity index (χ1) is 26.4. The summed E-state index contributed by atoms with van der Waals surface area (Å²) in [5, 5.41) is 22.3. The molecule has 1 N–H and O–H groups in total. The van der Waals surface area contributed by atoms with Crippen LogP contribution in [0, 0.1) is 35.0 Å². The number of carboxylic acid groups (broad SMARTS) is 1. The maximum absolute atomic E-state index is 11.2. The van der Waals surface area contributed by atoms with E-state index in [9.17, 15) is 9.90 Å². The zero-order chi connectivity index (χ0) is 37.4. The summed E-state index contributed by atoms with van der Waals surface area (Å²) < 4.78 is 10.8. The molecule has 0 unspecified atom stereocenters. The highest BCUT2D eigenvalue weighted by Crippen LogP contribution is 2.36. The lowest BCUT2D eigenvalue weighted by molar-refractivity contribution is -0.132. The van der Waals surface area contributed by atoms with Gasteiger partial charge in [0.1, 0.15) is 23.1 Å². The molecule has 0 fully saturated rings. The average Bonchev–Trinajstić information content (AvgIpc) is 3.22. The van der Waals surface area contributed by atoms with Crippen LogP contribution in [0.25, 0.3) is 27.6 Å². The monoisotopic (exact) mass is 700 g/mol. The third kappa shape index (κ3) is 7.34. The zero-order valence-electron chi connectivity index (χ0n) is 29.5. The second kappa shape index (κ2) is 15.7. The van der Waals surface area contributed by atoms with Crippen LogP contribution in [-0.4, -0.2) is 25.3 Å². The molecule has 0 saturated carbocycles. The van der Waals surface area contributed by atoms with Crippen molar-refractivity contribution >= 4 is 50.7 Å². The number of nitrogens with zero attached hydrogens (tertiary/aromatic N) is 2. The lowest BCUT2D eigenvalue weighted by Crippen LogP contribution is -2.09. The normalized spacial score (nSPS) is 10.7. The standard InChI is InChI=1S/C48H32N2O4/c1-53-40-25-21-38(22-26-40)50(39-23-27-41(54-2)28-24-39)37-19-15-34(16-20-37)18-30-47-44-9-5-3-7-42(44)46(43-8-4-6-10-45(43)47)29-17-33-11-13-35(14-12-33)31-36(32-49)48(51)52/h3-16,19-28,31H,1-2H3,(H,51,52)/b36-31-. The number of hydrogen-bond donors (Lipinski definition) is 1. The van der Waals surface area contributed by atoms with Crippen LogP contribution in [0.15, 0.2) is 151 Å². The number of rotatable bonds is 7. The van der Waals surface area contributed by atoms with Gasteiger partial charge >= 0.3 is 5.97 Å². The van der Waals surface area contributed by atoms with Gasteiger partial charge in [-0.3, -0.25) is 0 Å². The van der Waals surface area contributed by atoms with Gasteiger partial charge in [-0.2, -0.15) is 5.26 Å². The summed E-state index contributed by atoms with van der Waals surface area (Å²) in [6, 6.07) is 49.3. The van der Waals surface area contributed by atoms with Gasteiger partial charge < -0.3 is 19.5 Å². The van der Waals surface area contributed by atoms with Crippen molar-refractivity contribution in [3.63, 3.8) is 0 Å².